The Balaban J connectivity index is 1.39. The number of amides is 1. The van der Waals surface area contributed by atoms with E-state index in [0.29, 0.717) is 23.7 Å². The van der Waals surface area contributed by atoms with Gasteiger partial charge in [0.2, 0.25) is 5.91 Å². The molecule has 1 fully saturated rings. The van der Waals surface area contributed by atoms with E-state index in [-0.39, 0.29) is 5.91 Å². The largest absolute Gasteiger partial charge is 0.497 e. The van der Waals surface area contributed by atoms with Gasteiger partial charge in [-0.15, -0.1) is 11.3 Å². The summed E-state index contributed by atoms with van der Waals surface area (Å²) in [5, 5.41) is 5.19. The lowest BCUT2D eigenvalue weighted by atomic mass is 10.1. The number of carbonyl (C=O) groups excluding carboxylic acids is 2. The minimum Gasteiger partial charge on any atom is -0.497 e. The number of methoxy groups -OCH3 is 1. The highest BCUT2D eigenvalue weighted by molar-refractivity contribution is 7.14. The number of thiophene rings is 1. The molecular formula is C22H29N3O4S. The van der Waals surface area contributed by atoms with Crippen molar-refractivity contribution in [2.45, 2.75) is 13.3 Å². The molecule has 8 heteroatoms. The van der Waals surface area contributed by atoms with Crippen molar-refractivity contribution >= 4 is 28.2 Å². The summed E-state index contributed by atoms with van der Waals surface area (Å²) in [5.41, 5.74) is 1.71. The maximum Gasteiger partial charge on any atom is 0.341 e. The van der Waals surface area contributed by atoms with Crippen LogP contribution in [-0.2, 0) is 16.0 Å². The SMILES string of the molecule is CCOC(=O)c1ccsc1NC(=O)CN1CCN(CCc2ccc(OC)cc2)CC1. The van der Waals surface area contributed by atoms with Gasteiger partial charge in [0, 0.05) is 32.7 Å². The molecule has 0 saturated carbocycles. The van der Waals surface area contributed by atoms with Gasteiger partial charge in [0.25, 0.3) is 0 Å². The molecule has 1 aromatic carbocycles. The average Bonchev–Trinajstić information content (AvgIpc) is 3.22. The molecule has 1 N–H and O–H groups in total. The maximum absolute atomic E-state index is 12.4. The molecule has 2 aromatic rings. The summed E-state index contributed by atoms with van der Waals surface area (Å²) in [5.74, 6) is 0.372. The van der Waals surface area contributed by atoms with Crippen LogP contribution >= 0.6 is 11.3 Å². The number of esters is 1. The molecule has 3 rings (SSSR count). The van der Waals surface area contributed by atoms with Crippen molar-refractivity contribution in [3.05, 3.63) is 46.8 Å². The second-order valence-corrected chi connectivity index (χ2v) is 8.06. The van der Waals surface area contributed by atoms with Gasteiger partial charge < -0.3 is 19.7 Å². The predicted octanol–water partition coefficient (Wildman–Crippen LogP) is 2.73. The molecule has 0 aliphatic carbocycles. The highest BCUT2D eigenvalue weighted by atomic mass is 32.1. The predicted molar refractivity (Wildman–Crippen MR) is 118 cm³/mol. The Morgan fingerprint density at radius 3 is 2.43 bits per heavy atom. The number of hydrogen-bond acceptors (Lipinski definition) is 7. The summed E-state index contributed by atoms with van der Waals surface area (Å²) >= 11 is 1.33. The summed E-state index contributed by atoms with van der Waals surface area (Å²) in [6.45, 7) is 6.99. The summed E-state index contributed by atoms with van der Waals surface area (Å²) in [7, 11) is 1.68. The molecular weight excluding hydrogens is 402 g/mol. The third-order valence-corrected chi connectivity index (χ3v) is 5.95. The van der Waals surface area contributed by atoms with E-state index in [1.807, 2.05) is 12.1 Å². The number of ether oxygens (including phenoxy) is 2. The van der Waals surface area contributed by atoms with E-state index >= 15 is 0 Å². The molecule has 1 aromatic heterocycles. The molecule has 0 atom stereocenters. The van der Waals surface area contributed by atoms with Crippen LogP contribution in [0.15, 0.2) is 35.7 Å². The highest BCUT2D eigenvalue weighted by Gasteiger charge is 2.21. The van der Waals surface area contributed by atoms with Crippen LogP contribution in [0.1, 0.15) is 22.8 Å². The number of piperazine rings is 1. The summed E-state index contributed by atoms with van der Waals surface area (Å²) < 4.78 is 10.2. The lowest BCUT2D eigenvalue weighted by Gasteiger charge is -2.34. The van der Waals surface area contributed by atoms with Gasteiger partial charge in [-0.1, -0.05) is 12.1 Å². The third-order valence-electron chi connectivity index (χ3n) is 5.12. The van der Waals surface area contributed by atoms with Crippen molar-refractivity contribution in [2.24, 2.45) is 0 Å². The molecule has 30 heavy (non-hydrogen) atoms. The fraction of sp³-hybridized carbons (Fsp3) is 0.455. The third kappa shape index (κ3) is 6.29. The Kier molecular flexibility index (Phi) is 8.24. The normalized spacial score (nSPS) is 15.0. The van der Waals surface area contributed by atoms with Gasteiger partial charge in [-0.05, 0) is 42.5 Å². The Bertz CT molecular complexity index is 829. The molecule has 1 saturated heterocycles. The lowest BCUT2D eigenvalue weighted by molar-refractivity contribution is -0.117. The molecule has 0 spiro atoms. The second kappa shape index (κ2) is 11.1. The number of nitrogens with one attached hydrogen (secondary N) is 1. The molecule has 1 aliphatic rings. The zero-order valence-corrected chi connectivity index (χ0v) is 18.4. The first-order valence-corrected chi connectivity index (χ1v) is 11.1. The Morgan fingerprint density at radius 2 is 1.77 bits per heavy atom. The smallest absolute Gasteiger partial charge is 0.341 e. The fourth-order valence-corrected chi connectivity index (χ4v) is 4.19. The van der Waals surface area contributed by atoms with Crippen molar-refractivity contribution in [1.82, 2.24) is 9.80 Å². The Morgan fingerprint density at radius 1 is 1.07 bits per heavy atom. The van der Waals surface area contributed by atoms with Crippen LogP contribution in [0.2, 0.25) is 0 Å². The number of rotatable bonds is 9. The van der Waals surface area contributed by atoms with Crippen molar-refractivity contribution in [3.8, 4) is 5.75 Å². The van der Waals surface area contributed by atoms with Crippen LogP contribution in [0.3, 0.4) is 0 Å². The van der Waals surface area contributed by atoms with Gasteiger partial charge in [-0.3, -0.25) is 9.69 Å². The van der Waals surface area contributed by atoms with Crippen molar-refractivity contribution < 1.29 is 19.1 Å². The molecule has 2 heterocycles. The van der Waals surface area contributed by atoms with Gasteiger partial charge in [0.1, 0.15) is 10.8 Å². The molecule has 0 radical (unpaired) electrons. The Labute approximate surface area is 181 Å². The van der Waals surface area contributed by atoms with Crippen LogP contribution in [-0.4, -0.2) is 74.7 Å². The minimum atomic E-state index is -0.403. The minimum absolute atomic E-state index is 0.102. The van der Waals surface area contributed by atoms with E-state index in [0.717, 1.165) is 44.9 Å². The Hall–Kier alpha value is -2.42. The van der Waals surface area contributed by atoms with E-state index in [1.165, 1.54) is 16.9 Å². The molecule has 0 bridgehead atoms. The maximum atomic E-state index is 12.4. The van der Waals surface area contributed by atoms with Crippen LogP contribution in [0.4, 0.5) is 5.00 Å². The number of nitrogens with zero attached hydrogens (tertiary/aromatic N) is 2. The average molecular weight is 432 g/mol. The van der Waals surface area contributed by atoms with Crippen LogP contribution in [0.5, 0.6) is 5.75 Å². The first-order chi connectivity index (χ1) is 14.6. The fourth-order valence-electron chi connectivity index (χ4n) is 3.40. The standard InChI is InChI=1S/C22H29N3O4S/c1-3-29-22(27)19-9-15-30-21(19)23-20(26)16-25-13-11-24(12-14-25)10-8-17-4-6-18(28-2)7-5-17/h4-7,9,15H,3,8,10-14,16H2,1-2H3,(H,23,26). The van der Waals surface area contributed by atoms with E-state index in [4.69, 9.17) is 9.47 Å². The van der Waals surface area contributed by atoms with Gasteiger partial charge in [-0.25, -0.2) is 4.79 Å². The zero-order valence-electron chi connectivity index (χ0n) is 17.6. The van der Waals surface area contributed by atoms with Gasteiger partial charge in [0.05, 0.1) is 25.8 Å². The van der Waals surface area contributed by atoms with Crippen LogP contribution in [0, 0.1) is 0 Å². The van der Waals surface area contributed by atoms with Gasteiger partial charge >= 0.3 is 5.97 Å². The van der Waals surface area contributed by atoms with Crippen LogP contribution < -0.4 is 10.1 Å². The highest BCUT2D eigenvalue weighted by Crippen LogP contribution is 2.24. The monoisotopic (exact) mass is 431 g/mol. The summed E-state index contributed by atoms with van der Waals surface area (Å²) in [4.78, 5) is 29.0. The lowest BCUT2D eigenvalue weighted by Crippen LogP contribution is -2.49. The van der Waals surface area contributed by atoms with E-state index in [2.05, 4.69) is 27.2 Å². The topological polar surface area (TPSA) is 71.1 Å². The number of carbonyl (C=O) groups is 2. The number of anilines is 1. The second-order valence-electron chi connectivity index (χ2n) is 7.15. The first kappa shape index (κ1) is 22.3. The van der Waals surface area contributed by atoms with Gasteiger partial charge in [0.15, 0.2) is 0 Å². The summed E-state index contributed by atoms with van der Waals surface area (Å²) in [6.07, 6.45) is 0.999. The van der Waals surface area contributed by atoms with E-state index in [9.17, 15) is 9.59 Å². The molecule has 1 amide bonds. The quantitative estimate of drug-likeness (QED) is 0.616. The molecule has 0 unspecified atom stereocenters. The zero-order chi connectivity index (χ0) is 21.3. The first-order valence-electron chi connectivity index (χ1n) is 10.2. The van der Waals surface area contributed by atoms with Crippen LogP contribution in [0.25, 0.3) is 0 Å². The summed E-state index contributed by atoms with van der Waals surface area (Å²) in [6, 6.07) is 9.88. The number of hydrogen-bond donors (Lipinski definition) is 1. The van der Waals surface area contributed by atoms with E-state index < -0.39 is 5.97 Å². The van der Waals surface area contributed by atoms with E-state index in [1.54, 1.807) is 25.5 Å². The number of benzene rings is 1. The van der Waals surface area contributed by atoms with Gasteiger partial charge in [-0.2, -0.15) is 0 Å². The molecule has 1 aliphatic heterocycles. The molecule has 7 nitrogen and oxygen atoms in total. The van der Waals surface area contributed by atoms with Crippen molar-refractivity contribution in [3.63, 3.8) is 0 Å². The van der Waals surface area contributed by atoms with Crippen molar-refractivity contribution in [1.29, 1.82) is 0 Å². The molecule has 162 valence electrons. The van der Waals surface area contributed by atoms with Crippen molar-refractivity contribution in [2.75, 3.05) is 58.3 Å².